The fourth-order valence-electron chi connectivity index (χ4n) is 1.38. The van der Waals surface area contributed by atoms with E-state index in [0.717, 1.165) is 0 Å². The van der Waals surface area contributed by atoms with Crippen LogP contribution in [0.25, 0.3) is 0 Å². The minimum atomic E-state index is -0.308. The Bertz CT molecular complexity index is 514. The molecule has 1 aromatic carbocycles. The lowest BCUT2D eigenvalue weighted by molar-refractivity contribution is -0.118. The maximum Gasteiger partial charge on any atom is 0.269 e. The summed E-state index contributed by atoms with van der Waals surface area (Å²) in [4.78, 5) is 23.4. The molecule has 0 saturated carbocycles. The van der Waals surface area contributed by atoms with Crippen LogP contribution in [-0.2, 0) is 4.79 Å². The maximum absolute atomic E-state index is 11.8. The van der Waals surface area contributed by atoms with Crippen LogP contribution in [0.3, 0.4) is 0 Å². The van der Waals surface area contributed by atoms with Gasteiger partial charge in [0.2, 0.25) is 5.91 Å². The smallest absolute Gasteiger partial charge is 0.269 e. The van der Waals surface area contributed by atoms with Crippen LogP contribution >= 0.6 is 12.2 Å². The van der Waals surface area contributed by atoms with E-state index >= 15 is 0 Å². The van der Waals surface area contributed by atoms with Gasteiger partial charge in [0.1, 0.15) is 0 Å². The normalized spacial score (nSPS) is 9.90. The average Bonchev–Trinajstić information content (AvgIpc) is 2.45. The number of carbonyl (C=O) groups is 2. The van der Waals surface area contributed by atoms with Gasteiger partial charge in [-0.3, -0.25) is 20.4 Å². The zero-order valence-electron chi connectivity index (χ0n) is 12.3. The van der Waals surface area contributed by atoms with Crippen molar-refractivity contribution in [3.63, 3.8) is 0 Å². The molecule has 1 rings (SSSR count). The molecule has 0 aliphatic heterocycles. The van der Waals surface area contributed by atoms with E-state index in [4.69, 9.17) is 12.2 Å². The van der Waals surface area contributed by atoms with Crippen molar-refractivity contribution in [1.29, 1.82) is 0 Å². The third-order valence-corrected chi connectivity index (χ3v) is 2.81. The largest absolute Gasteiger partial charge is 0.362 e. The van der Waals surface area contributed by atoms with Gasteiger partial charge >= 0.3 is 0 Å². The molecule has 0 heterocycles. The molecule has 21 heavy (non-hydrogen) atoms. The van der Waals surface area contributed by atoms with Gasteiger partial charge in [-0.15, -0.1) is 0 Å². The number of nitrogens with one attached hydrogen (secondary N) is 4. The predicted molar refractivity (Wildman–Crippen MR) is 86.8 cm³/mol. The van der Waals surface area contributed by atoms with Crippen molar-refractivity contribution in [2.45, 2.75) is 20.8 Å². The zero-order valence-corrected chi connectivity index (χ0v) is 13.1. The summed E-state index contributed by atoms with van der Waals surface area (Å²) in [5, 5.41) is 5.96. The quantitative estimate of drug-likeness (QED) is 0.499. The topological polar surface area (TPSA) is 82.3 Å². The highest BCUT2D eigenvalue weighted by Gasteiger charge is 2.09. The Morgan fingerprint density at radius 1 is 1.14 bits per heavy atom. The first-order chi connectivity index (χ1) is 9.93. The molecule has 114 valence electrons. The van der Waals surface area contributed by atoms with Crippen LogP contribution in [0.15, 0.2) is 24.3 Å². The van der Waals surface area contributed by atoms with E-state index in [1.165, 1.54) is 0 Å². The number of hydrogen-bond donors (Lipinski definition) is 4. The average molecular weight is 308 g/mol. The van der Waals surface area contributed by atoms with Gasteiger partial charge in [-0.25, -0.2) is 0 Å². The van der Waals surface area contributed by atoms with Crippen LogP contribution in [0.2, 0.25) is 0 Å². The second-order valence-corrected chi connectivity index (χ2v) is 5.07. The van der Waals surface area contributed by atoms with E-state index in [-0.39, 0.29) is 17.7 Å². The Morgan fingerprint density at radius 2 is 1.76 bits per heavy atom. The Kier molecular flexibility index (Phi) is 6.61. The maximum atomic E-state index is 11.8. The van der Waals surface area contributed by atoms with Gasteiger partial charge in [0.15, 0.2) is 5.11 Å². The third kappa shape index (κ3) is 5.78. The molecule has 0 unspecified atom stereocenters. The van der Waals surface area contributed by atoms with Crippen LogP contribution in [0, 0.1) is 5.92 Å². The molecule has 0 saturated heterocycles. The summed E-state index contributed by atoms with van der Waals surface area (Å²) in [6.07, 6.45) is 0. The lowest BCUT2D eigenvalue weighted by Gasteiger charge is -2.11. The van der Waals surface area contributed by atoms with Crippen molar-refractivity contribution in [2.75, 3.05) is 11.9 Å². The first kappa shape index (κ1) is 16.9. The molecular weight excluding hydrogens is 288 g/mol. The highest BCUT2D eigenvalue weighted by Crippen LogP contribution is 2.10. The van der Waals surface area contributed by atoms with E-state index in [9.17, 15) is 9.59 Å². The Balaban J connectivity index is 2.55. The molecule has 1 aromatic rings. The van der Waals surface area contributed by atoms with Gasteiger partial charge in [-0.2, -0.15) is 0 Å². The number of hydrazine groups is 1. The van der Waals surface area contributed by atoms with Crippen LogP contribution in [0.1, 0.15) is 31.1 Å². The van der Waals surface area contributed by atoms with Gasteiger partial charge in [-0.05, 0) is 43.4 Å². The fraction of sp³-hybridized carbons (Fsp3) is 0.357. The lowest BCUT2D eigenvalue weighted by Crippen LogP contribution is -2.46. The third-order valence-electron chi connectivity index (χ3n) is 2.57. The molecule has 0 aromatic heterocycles. The second kappa shape index (κ2) is 8.21. The first-order valence-electron chi connectivity index (χ1n) is 6.69. The molecule has 7 heteroatoms. The van der Waals surface area contributed by atoms with E-state index in [1.54, 1.807) is 24.3 Å². The summed E-state index contributed by atoms with van der Waals surface area (Å²) in [6.45, 7) is 6.21. The Morgan fingerprint density at radius 3 is 2.29 bits per heavy atom. The molecule has 4 N–H and O–H groups in total. The van der Waals surface area contributed by atoms with Gasteiger partial charge < -0.3 is 10.6 Å². The fourth-order valence-corrected chi connectivity index (χ4v) is 1.58. The minimum Gasteiger partial charge on any atom is -0.362 e. The van der Waals surface area contributed by atoms with Crippen LogP contribution in [0.4, 0.5) is 5.69 Å². The molecule has 0 atom stereocenters. The molecule has 0 fully saturated rings. The summed E-state index contributed by atoms with van der Waals surface area (Å²) in [7, 11) is 0. The highest BCUT2D eigenvalue weighted by molar-refractivity contribution is 7.80. The summed E-state index contributed by atoms with van der Waals surface area (Å²) in [5.74, 6) is -0.467. The van der Waals surface area contributed by atoms with Crippen molar-refractivity contribution in [1.82, 2.24) is 16.2 Å². The second-order valence-electron chi connectivity index (χ2n) is 4.66. The SMILES string of the molecule is CCNC(=S)NNC(=O)c1ccc(NC(=O)C(C)C)cc1. The predicted octanol–water partition coefficient (Wildman–Crippen LogP) is 1.41. The van der Waals surface area contributed by atoms with Gasteiger partial charge in [0, 0.05) is 23.7 Å². The number of anilines is 1. The molecular formula is C14H20N4O2S. The Labute approximate surface area is 129 Å². The number of hydrogen-bond acceptors (Lipinski definition) is 3. The molecule has 2 amide bonds. The van der Waals surface area contributed by atoms with Crippen molar-refractivity contribution in [3.05, 3.63) is 29.8 Å². The Hall–Kier alpha value is -2.15. The van der Waals surface area contributed by atoms with Crippen molar-refractivity contribution < 1.29 is 9.59 Å². The molecule has 0 bridgehead atoms. The molecule has 0 spiro atoms. The van der Waals surface area contributed by atoms with Gasteiger partial charge in [0.05, 0.1) is 0 Å². The number of carbonyl (C=O) groups excluding carboxylic acids is 2. The number of amides is 2. The summed E-state index contributed by atoms with van der Waals surface area (Å²) in [6, 6.07) is 6.61. The molecule has 0 aliphatic rings. The minimum absolute atomic E-state index is 0.0649. The van der Waals surface area contributed by atoms with Crippen molar-refractivity contribution in [2.24, 2.45) is 5.92 Å². The zero-order chi connectivity index (χ0) is 15.8. The lowest BCUT2D eigenvalue weighted by atomic mass is 10.1. The van der Waals surface area contributed by atoms with E-state index in [0.29, 0.717) is 22.9 Å². The van der Waals surface area contributed by atoms with Gasteiger partial charge in [0.25, 0.3) is 5.91 Å². The summed E-state index contributed by atoms with van der Waals surface area (Å²) in [5.41, 5.74) is 6.19. The van der Waals surface area contributed by atoms with E-state index in [2.05, 4.69) is 21.5 Å². The summed E-state index contributed by atoms with van der Waals surface area (Å²) >= 11 is 4.93. The van der Waals surface area contributed by atoms with Crippen LogP contribution in [-0.4, -0.2) is 23.5 Å². The molecule has 0 radical (unpaired) electrons. The number of thiocarbonyl (C=S) groups is 1. The number of rotatable bonds is 4. The monoisotopic (exact) mass is 308 g/mol. The standard InChI is InChI=1S/C14H20N4O2S/c1-4-15-14(21)18-17-13(20)10-5-7-11(8-6-10)16-12(19)9(2)3/h5-9H,4H2,1-3H3,(H,16,19)(H,17,20)(H2,15,18,21). The van der Waals surface area contributed by atoms with Crippen LogP contribution in [0.5, 0.6) is 0 Å². The van der Waals surface area contributed by atoms with Gasteiger partial charge in [-0.1, -0.05) is 13.8 Å². The first-order valence-corrected chi connectivity index (χ1v) is 7.10. The van der Waals surface area contributed by atoms with Crippen LogP contribution < -0.4 is 21.5 Å². The molecule has 0 aliphatic carbocycles. The molecule has 6 nitrogen and oxygen atoms in total. The number of benzene rings is 1. The van der Waals surface area contributed by atoms with E-state index in [1.807, 2.05) is 20.8 Å². The van der Waals surface area contributed by atoms with E-state index < -0.39 is 0 Å². The van der Waals surface area contributed by atoms with Crippen molar-refractivity contribution in [3.8, 4) is 0 Å². The highest BCUT2D eigenvalue weighted by atomic mass is 32.1. The van der Waals surface area contributed by atoms with Crippen molar-refractivity contribution >= 4 is 34.8 Å². The summed E-state index contributed by atoms with van der Waals surface area (Å²) < 4.78 is 0.